The Kier molecular flexibility index (Phi) is 4.22. The lowest BCUT2D eigenvalue weighted by Gasteiger charge is -2.02. The smallest absolute Gasteiger partial charge is 0.423 e. The van der Waals surface area contributed by atoms with Crippen molar-refractivity contribution in [2.45, 2.75) is 7.43 Å². The van der Waals surface area contributed by atoms with Crippen molar-refractivity contribution in [1.29, 1.82) is 0 Å². The largest absolute Gasteiger partial charge is 0.489 e. The van der Waals surface area contributed by atoms with Crippen molar-refractivity contribution in [2.75, 3.05) is 0 Å². The van der Waals surface area contributed by atoms with Gasteiger partial charge in [0.15, 0.2) is 0 Å². The van der Waals surface area contributed by atoms with E-state index in [0.717, 1.165) is 15.5 Å². The van der Waals surface area contributed by atoms with E-state index in [4.69, 9.17) is 0 Å². The first-order chi connectivity index (χ1) is 10.8. The zero-order valence-corrected chi connectivity index (χ0v) is 12.5. The molecule has 4 rings (SSSR count). The summed E-state index contributed by atoms with van der Waals surface area (Å²) < 4.78 is 2.12. The number of thiophene rings is 1. The summed E-state index contributed by atoms with van der Waals surface area (Å²) in [5, 5.41) is 21.4. The second-order valence-corrected chi connectivity index (χ2v) is 6.27. The summed E-state index contributed by atoms with van der Waals surface area (Å²) >= 11 is 1.62. The Morgan fingerprint density at radius 2 is 1.35 bits per heavy atom. The maximum atomic E-state index is 9.60. The highest BCUT2D eigenvalue weighted by Crippen LogP contribution is 2.39. The van der Waals surface area contributed by atoms with Crippen LogP contribution in [0.15, 0.2) is 66.7 Å². The fraction of sp³-hybridized carbons (Fsp3) is 0.0526. The lowest BCUT2D eigenvalue weighted by Crippen LogP contribution is -2.29. The zero-order valence-electron chi connectivity index (χ0n) is 11.7. The predicted octanol–water partition coefficient (Wildman–Crippen LogP) is 4.04. The van der Waals surface area contributed by atoms with Crippen molar-refractivity contribution >= 4 is 44.1 Å². The summed E-state index contributed by atoms with van der Waals surface area (Å²) in [4.78, 5) is 0. The van der Waals surface area contributed by atoms with Crippen LogP contribution in [-0.4, -0.2) is 17.2 Å². The molecule has 0 aliphatic carbocycles. The first-order valence-electron chi connectivity index (χ1n) is 7.11. The number of fused-ring (bicyclic) bond motifs is 3. The molecule has 1 heterocycles. The Balaban J connectivity index is 0.00000156. The summed E-state index contributed by atoms with van der Waals surface area (Å²) in [7, 11) is -1.45. The van der Waals surface area contributed by atoms with Gasteiger partial charge in [0.2, 0.25) is 0 Å². The van der Waals surface area contributed by atoms with Crippen molar-refractivity contribution in [2.24, 2.45) is 0 Å². The minimum Gasteiger partial charge on any atom is -0.423 e. The molecule has 0 spiro atoms. The van der Waals surface area contributed by atoms with Crippen LogP contribution in [0.5, 0.6) is 0 Å². The number of benzene rings is 3. The van der Waals surface area contributed by atoms with Gasteiger partial charge in [0, 0.05) is 14.8 Å². The van der Waals surface area contributed by atoms with E-state index in [9.17, 15) is 10.0 Å². The molecule has 2 N–H and O–H groups in total. The molecule has 0 bridgehead atoms. The van der Waals surface area contributed by atoms with E-state index >= 15 is 0 Å². The lowest BCUT2D eigenvalue weighted by molar-refractivity contribution is 0.426. The van der Waals surface area contributed by atoms with Crippen LogP contribution < -0.4 is 5.46 Å². The topological polar surface area (TPSA) is 40.5 Å². The summed E-state index contributed by atoms with van der Waals surface area (Å²) in [6.45, 7) is 0. The average Bonchev–Trinajstić information content (AvgIpc) is 2.94. The van der Waals surface area contributed by atoms with Crippen molar-refractivity contribution in [3.63, 3.8) is 0 Å². The Hall–Kier alpha value is -2.14. The summed E-state index contributed by atoms with van der Waals surface area (Å²) in [5.74, 6) is 0. The Bertz CT molecular complexity index is 961. The highest BCUT2D eigenvalue weighted by Gasteiger charge is 2.18. The molecule has 2 nitrogen and oxygen atoms in total. The predicted molar refractivity (Wildman–Crippen MR) is 101 cm³/mol. The van der Waals surface area contributed by atoms with E-state index in [2.05, 4.69) is 30.3 Å². The molecule has 0 aliphatic rings. The molecule has 0 saturated heterocycles. The average molecular weight is 320 g/mol. The standard InChI is InChI=1S/C18H13BO2S.CH4/c20-19(21)16-11-5-10-15-14-9-4-8-13(17(14)22-18(15)16)12-6-2-1-3-7-12;/h1-11,20-21H;1H4. The second kappa shape index (κ2) is 6.16. The molecule has 4 heteroatoms. The molecule has 0 saturated carbocycles. The molecular formula is C19H17BO2S. The Morgan fingerprint density at radius 3 is 2.04 bits per heavy atom. The van der Waals surface area contributed by atoms with Crippen molar-refractivity contribution in [3.8, 4) is 11.1 Å². The van der Waals surface area contributed by atoms with Gasteiger partial charge >= 0.3 is 7.12 Å². The van der Waals surface area contributed by atoms with Crippen LogP contribution in [-0.2, 0) is 0 Å². The van der Waals surface area contributed by atoms with Crippen LogP contribution >= 0.6 is 11.3 Å². The van der Waals surface area contributed by atoms with Crippen LogP contribution in [0.3, 0.4) is 0 Å². The maximum Gasteiger partial charge on any atom is 0.489 e. The number of hydrogen-bond donors (Lipinski definition) is 2. The maximum absolute atomic E-state index is 9.60. The van der Waals surface area contributed by atoms with Gasteiger partial charge in [-0.3, -0.25) is 0 Å². The molecule has 0 radical (unpaired) electrons. The molecule has 0 atom stereocenters. The quantitative estimate of drug-likeness (QED) is 0.547. The van der Waals surface area contributed by atoms with Crippen LogP contribution in [0.4, 0.5) is 0 Å². The minimum absolute atomic E-state index is 0. The fourth-order valence-corrected chi connectivity index (χ4v) is 4.26. The highest BCUT2D eigenvalue weighted by atomic mass is 32.1. The van der Waals surface area contributed by atoms with Crippen LogP contribution in [0, 0.1) is 0 Å². The highest BCUT2D eigenvalue weighted by molar-refractivity contribution is 7.27. The molecule has 114 valence electrons. The summed E-state index contributed by atoms with van der Waals surface area (Å²) in [5.41, 5.74) is 2.92. The van der Waals surface area contributed by atoms with Crippen molar-refractivity contribution in [1.82, 2.24) is 0 Å². The molecule has 4 aromatic rings. The number of hydrogen-bond acceptors (Lipinski definition) is 3. The fourth-order valence-electron chi connectivity index (χ4n) is 2.89. The minimum atomic E-state index is -1.45. The Morgan fingerprint density at radius 1 is 0.696 bits per heavy atom. The van der Waals surface area contributed by atoms with Gasteiger partial charge in [0.1, 0.15) is 0 Å². The molecule has 1 aromatic heterocycles. The van der Waals surface area contributed by atoms with E-state index in [1.165, 1.54) is 15.8 Å². The van der Waals surface area contributed by atoms with Gasteiger partial charge in [-0.15, -0.1) is 11.3 Å². The van der Waals surface area contributed by atoms with Gasteiger partial charge < -0.3 is 10.0 Å². The second-order valence-electron chi connectivity index (χ2n) is 5.25. The van der Waals surface area contributed by atoms with Gasteiger partial charge in [0.05, 0.1) is 0 Å². The molecule has 0 amide bonds. The zero-order chi connectivity index (χ0) is 15.1. The van der Waals surface area contributed by atoms with Crippen molar-refractivity contribution < 1.29 is 10.0 Å². The summed E-state index contributed by atoms with van der Waals surface area (Å²) in [6.07, 6.45) is 0. The van der Waals surface area contributed by atoms with E-state index < -0.39 is 7.12 Å². The summed E-state index contributed by atoms with van der Waals surface area (Å²) in [6, 6.07) is 22.2. The monoisotopic (exact) mass is 320 g/mol. The van der Waals surface area contributed by atoms with Gasteiger partial charge in [-0.2, -0.15) is 0 Å². The van der Waals surface area contributed by atoms with Gasteiger partial charge in [-0.25, -0.2) is 0 Å². The van der Waals surface area contributed by atoms with E-state index in [1.807, 2.05) is 30.3 Å². The molecule has 0 unspecified atom stereocenters. The molecule has 3 aromatic carbocycles. The van der Waals surface area contributed by atoms with Gasteiger partial charge in [-0.1, -0.05) is 74.2 Å². The molecule has 23 heavy (non-hydrogen) atoms. The van der Waals surface area contributed by atoms with E-state index in [-0.39, 0.29) is 7.43 Å². The Labute approximate surface area is 139 Å². The molecule has 0 fully saturated rings. The van der Waals surface area contributed by atoms with Crippen molar-refractivity contribution in [3.05, 3.63) is 66.7 Å². The molecular weight excluding hydrogens is 303 g/mol. The van der Waals surface area contributed by atoms with E-state index in [0.29, 0.717) is 5.46 Å². The lowest BCUT2D eigenvalue weighted by atomic mass is 9.80. The van der Waals surface area contributed by atoms with Crippen LogP contribution in [0.25, 0.3) is 31.3 Å². The molecule has 0 aliphatic heterocycles. The third-order valence-corrected chi connectivity index (χ3v) is 5.22. The normalized spacial score (nSPS) is 10.7. The van der Waals surface area contributed by atoms with Crippen LogP contribution in [0.1, 0.15) is 7.43 Å². The van der Waals surface area contributed by atoms with E-state index in [1.54, 1.807) is 17.4 Å². The van der Waals surface area contributed by atoms with Gasteiger partial charge in [0.25, 0.3) is 0 Å². The SMILES string of the molecule is C.OB(O)c1cccc2c1sc1c(-c3ccccc3)cccc12. The van der Waals surface area contributed by atoms with Gasteiger partial charge in [-0.05, 0) is 22.0 Å². The third kappa shape index (κ3) is 2.55. The van der Waals surface area contributed by atoms with Crippen LogP contribution in [0.2, 0.25) is 0 Å². The third-order valence-electron chi connectivity index (χ3n) is 3.92. The first kappa shape index (κ1) is 15.7. The number of rotatable bonds is 2. The first-order valence-corrected chi connectivity index (χ1v) is 7.93.